The second kappa shape index (κ2) is 6.63. The molecular formula is C14H15FN4O. The summed E-state index contributed by atoms with van der Waals surface area (Å²) in [5.41, 5.74) is 7.64. The fourth-order valence-corrected chi connectivity index (χ4v) is 1.85. The van der Waals surface area contributed by atoms with Crippen molar-refractivity contribution in [1.29, 1.82) is 0 Å². The summed E-state index contributed by atoms with van der Waals surface area (Å²) in [6.07, 6.45) is 1.57. The minimum atomic E-state index is -0.261. The third kappa shape index (κ3) is 3.52. The number of hydrogen-bond donors (Lipinski definition) is 3. The molecule has 0 aliphatic heterocycles. The summed E-state index contributed by atoms with van der Waals surface area (Å²) in [5, 5.41) is 14.8. The molecule has 6 heteroatoms. The van der Waals surface area contributed by atoms with Gasteiger partial charge in [0.1, 0.15) is 11.5 Å². The van der Waals surface area contributed by atoms with Crippen LogP contribution in [0.25, 0.3) is 0 Å². The summed E-state index contributed by atoms with van der Waals surface area (Å²) in [7, 11) is 0. The van der Waals surface area contributed by atoms with E-state index in [9.17, 15) is 4.39 Å². The summed E-state index contributed by atoms with van der Waals surface area (Å²) >= 11 is 0. The fraction of sp³-hybridized carbons (Fsp3) is 0.143. The summed E-state index contributed by atoms with van der Waals surface area (Å²) in [4.78, 5) is 4.07. The highest BCUT2D eigenvalue weighted by Gasteiger charge is 2.07. The number of hydrogen-bond acceptors (Lipinski definition) is 4. The Bertz CT molecular complexity index is 616. The van der Waals surface area contributed by atoms with Gasteiger partial charge in [-0.15, -0.1) is 0 Å². The molecule has 104 valence electrons. The van der Waals surface area contributed by atoms with Crippen molar-refractivity contribution < 1.29 is 9.60 Å². The molecule has 0 unspecified atom stereocenters. The monoisotopic (exact) mass is 274 g/mol. The van der Waals surface area contributed by atoms with Gasteiger partial charge in [-0.1, -0.05) is 23.4 Å². The van der Waals surface area contributed by atoms with Crippen LogP contribution in [-0.2, 0) is 13.1 Å². The van der Waals surface area contributed by atoms with Crippen molar-refractivity contribution in [1.82, 2.24) is 10.3 Å². The van der Waals surface area contributed by atoms with Crippen LogP contribution in [0.1, 0.15) is 16.8 Å². The van der Waals surface area contributed by atoms with E-state index >= 15 is 0 Å². The van der Waals surface area contributed by atoms with E-state index in [2.05, 4.69) is 15.5 Å². The highest BCUT2D eigenvalue weighted by molar-refractivity contribution is 5.96. The number of nitrogens with one attached hydrogen (secondary N) is 1. The SMILES string of the molecule is NC(=NO)c1ncccc1CNCc1cccc(F)c1. The smallest absolute Gasteiger partial charge is 0.189 e. The molecule has 0 bridgehead atoms. The molecule has 0 amide bonds. The lowest BCUT2D eigenvalue weighted by Gasteiger charge is -2.08. The maximum Gasteiger partial charge on any atom is 0.189 e. The number of oxime groups is 1. The lowest BCUT2D eigenvalue weighted by atomic mass is 10.1. The van der Waals surface area contributed by atoms with Gasteiger partial charge < -0.3 is 16.3 Å². The Morgan fingerprint density at radius 3 is 2.90 bits per heavy atom. The first kappa shape index (κ1) is 14.0. The molecule has 5 nitrogen and oxygen atoms in total. The third-order valence-electron chi connectivity index (χ3n) is 2.78. The van der Waals surface area contributed by atoms with Gasteiger partial charge in [-0.25, -0.2) is 4.39 Å². The first-order valence-electron chi connectivity index (χ1n) is 6.07. The van der Waals surface area contributed by atoms with Crippen LogP contribution in [0.5, 0.6) is 0 Å². The van der Waals surface area contributed by atoms with E-state index in [1.165, 1.54) is 12.1 Å². The van der Waals surface area contributed by atoms with Gasteiger partial charge in [0.15, 0.2) is 5.84 Å². The molecule has 0 atom stereocenters. The number of amidine groups is 1. The molecule has 0 aliphatic carbocycles. The number of aromatic nitrogens is 1. The topological polar surface area (TPSA) is 83.5 Å². The number of halogens is 1. The van der Waals surface area contributed by atoms with Crippen LogP contribution in [0, 0.1) is 5.82 Å². The van der Waals surface area contributed by atoms with Gasteiger partial charge in [0.05, 0.1) is 0 Å². The largest absolute Gasteiger partial charge is 0.409 e. The van der Waals surface area contributed by atoms with Crippen molar-refractivity contribution in [3.8, 4) is 0 Å². The van der Waals surface area contributed by atoms with E-state index in [0.717, 1.165) is 11.1 Å². The highest BCUT2D eigenvalue weighted by Crippen LogP contribution is 2.07. The minimum Gasteiger partial charge on any atom is -0.409 e. The van der Waals surface area contributed by atoms with Gasteiger partial charge in [-0.05, 0) is 29.3 Å². The van der Waals surface area contributed by atoms with Crippen molar-refractivity contribution in [3.05, 3.63) is 65.2 Å². The summed E-state index contributed by atoms with van der Waals surface area (Å²) in [6, 6.07) is 9.98. The van der Waals surface area contributed by atoms with Crippen molar-refractivity contribution in [2.24, 2.45) is 10.9 Å². The molecule has 0 spiro atoms. The molecule has 0 saturated heterocycles. The second-order valence-corrected chi connectivity index (χ2v) is 4.23. The minimum absolute atomic E-state index is 0.0341. The van der Waals surface area contributed by atoms with E-state index in [4.69, 9.17) is 10.9 Å². The molecule has 1 aromatic heterocycles. The molecule has 2 rings (SSSR count). The van der Waals surface area contributed by atoms with Crippen LogP contribution in [0.4, 0.5) is 4.39 Å². The molecule has 20 heavy (non-hydrogen) atoms. The van der Waals surface area contributed by atoms with Gasteiger partial charge in [-0.2, -0.15) is 0 Å². The molecule has 2 aromatic rings. The zero-order chi connectivity index (χ0) is 14.4. The zero-order valence-corrected chi connectivity index (χ0v) is 10.8. The highest BCUT2D eigenvalue weighted by atomic mass is 19.1. The van der Waals surface area contributed by atoms with E-state index < -0.39 is 0 Å². The van der Waals surface area contributed by atoms with E-state index in [1.807, 2.05) is 12.1 Å². The quantitative estimate of drug-likeness (QED) is 0.335. The van der Waals surface area contributed by atoms with Gasteiger partial charge >= 0.3 is 0 Å². The summed E-state index contributed by atoms with van der Waals surface area (Å²) in [6.45, 7) is 0.998. The van der Waals surface area contributed by atoms with Crippen LogP contribution in [0.15, 0.2) is 47.8 Å². The molecule has 0 radical (unpaired) electrons. The number of benzene rings is 1. The lowest BCUT2D eigenvalue weighted by Crippen LogP contribution is -2.21. The number of nitrogens with two attached hydrogens (primary N) is 1. The predicted octanol–water partition coefficient (Wildman–Crippen LogP) is 1.60. The van der Waals surface area contributed by atoms with Crippen molar-refractivity contribution in [3.63, 3.8) is 0 Å². The first-order chi connectivity index (χ1) is 9.70. The van der Waals surface area contributed by atoms with E-state index in [1.54, 1.807) is 18.3 Å². The van der Waals surface area contributed by atoms with Gasteiger partial charge in [0.25, 0.3) is 0 Å². The first-order valence-corrected chi connectivity index (χ1v) is 6.07. The predicted molar refractivity (Wildman–Crippen MR) is 73.7 cm³/mol. The van der Waals surface area contributed by atoms with E-state index in [-0.39, 0.29) is 11.7 Å². The number of rotatable bonds is 5. The Balaban J connectivity index is 2.01. The van der Waals surface area contributed by atoms with Crippen LogP contribution in [-0.4, -0.2) is 16.0 Å². The average molecular weight is 274 g/mol. The van der Waals surface area contributed by atoms with Crippen molar-refractivity contribution in [2.75, 3.05) is 0 Å². The van der Waals surface area contributed by atoms with E-state index in [0.29, 0.717) is 18.8 Å². The van der Waals surface area contributed by atoms with Crippen LogP contribution in [0.2, 0.25) is 0 Å². The Labute approximate surface area is 116 Å². The summed E-state index contributed by atoms with van der Waals surface area (Å²) in [5.74, 6) is -0.295. The molecule has 4 N–H and O–H groups in total. The zero-order valence-electron chi connectivity index (χ0n) is 10.8. The second-order valence-electron chi connectivity index (χ2n) is 4.23. The normalized spacial score (nSPS) is 11.6. The Kier molecular flexibility index (Phi) is 4.62. The Morgan fingerprint density at radius 2 is 2.15 bits per heavy atom. The maximum absolute atomic E-state index is 13.0. The Morgan fingerprint density at radius 1 is 1.30 bits per heavy atom. The molecule has 1 heterocycles. The lowest BCUT2D eigenvalue weighted by molar-refractivity contribution is 0.318. The maximum atomic E-state index is 13.0. The van der Waals surface area contributed by atoms with Gasteiger partial charge in [0.2, 0.25) is 0 Å². The van der Waals surface area contributed by atoms with Crippen LogP contribution >= 0.6 is 0 Å². The van der Waals surface area contributed by atoms with Crippen LogP contribution < -0.4 is 11.1 Å². The van der Waals surface area contributed by atoms with Gasteiger partial charge in [-0.3, -0.25) is 4.98 Å². The fourth-order valence-electron chi connectivity index (χ4n) is 1.85. The Hall–Kier alpha value is -2.47. The summed E-state index contributed by atoms with van der Waals surface area (Å²) < 4.78 is 13.0. The molecular weight excluding hydrogens is 259 g/mol. The number of nitrogens with zero attached hydrogens (tertiary/aromatic N) is 2. The molecule has 0 aliphatic rings. The molecule has 0 fully saturated rings. The third-order valence-corrected chi connectivity index (χ3v) is 2.78. The van der Waals surface area contributed by atoms with Crippen molar-refractivity contribution in [2.45, 2.75) is 13.1 Å². The average Bonchev–Trinajstić information content (AvgIpc) is 2.47. The van der Waals surface area contributed by atoms with Crippen LogP contribution in [0.3, 0.4) is 0 Å². The molecule has 1 aromatic carbocycles. The number of pyridine rings is 1. The van der Waals surface area contributed by atoms with Crippen molar-refractivity contribution >= 4 is 5.84 Å². The van der Waals surface area contributed by atoms with Gasteiger partial charge in [0, 0.05) is 19.3 Å². The molecule has 0 saturated carbocycles. The standard InChI is InChI=1S/C14H15FN4O/c15-12-5-1-3-10(7-12)8-17-9-11-4-2-6-18-13(11)14(16)19-20/h1-7,17,20H,8-9H2,(H2,16,19).